The monoisotopic (exact) mass is 353 g/mol. The van der Waals surface area contributed by atoms with Crippen LogP contribution < -0.4 is 5.32 Å². The van der Waals surface area contributed by atoms with Crippen molar-refractivity contribution in [1.29, 1.82) is 0 Å². The molecular weight excluding hydrogens is 326 g/mol. The van der Waals surface area contributed by atoms with E-state index in [9.17, 15) is 4.79 Å². The van der Waals surface area contributed by atoms with Gasteiger partial charge in [-0.05, 0) is 55.4 Å². The highest BCUT2D eigenvalue weighted by atomic mass is 16.2. The molecule has 0 aromatic carbocycles. The quantitative estimate of drug-likeness (QED) is 0.920. The molecule has 0 radical (unpaired) electrons. The molecule has 1 saturated heterocycles. The van der Waals surface area contributed by atoms with Gasteiger partial charge in [0.05, 0.1) is 12.1 Å². The molecule has 2 atom stereocenters. The van der Waals surface area contributed by atoms with E-state index in [0.29, 0.717) is 5.92 Å². The smallest absolute Gasteiger partial charge is 0.317 e. The number of carbonyl (C=O) groups excluding carboxylic acids is 1. The van der Waals surface area contributed by atoms with Gasteiger partial charge in [-0.3, -0.25) is 9.67 Å². The Balaban J connectivity index is 1.33. The van der Waals surface area contributed by atoms with E-state index in [1.54, 1.807) is 0 Å². The second-order valence-electron chi connectivity index (χ2n) is 7.44. The van der Waals surface area contributed by atoms with Crippen LogP contribution in [-0.4, -0.2) is 44.8 Å². The molecule has 0 spiro atoms. The molecule has 2 fully saturated rings. The maximum Gasteiger partial charge on any atom is 0.317 e. The van der Waals surface area contributed by atoms with Crippen molar-refractivity contribution in [2.24, 2.45) is 0 Å². The minimum Gasteiger partial charge on any atom is -0.333 e. The number of rotatable bonds is 3. The van der Waals surface area contributed by atoms with Crippen molar-refractivity contribution in [3.8, 4) is 0 Å². The second kappa shape index (κ2) is 7.89. The summed E-state index contributed by atoms with van der Waals surface area (Å²) in [6.07, 6.45) is 14.1. The molecule has 138 valence electrons. The maximum atomic E-state index is 12.8. The molecule has 4 rings (SSSR count). The molecule has 2 aliphatic rings. The van der Waals surface area contributed by atoms with Crippen molar-refractivity contribution >= 4 is 6.03 Å². The summed E-state index contributed by atoms with van der Waals surface area (Å²) in [6, 6.07) is 6.68. The number of nitrogens with zero attached hydrogens (tertiary/aromatic N) is 4. The molecule has 26 heavy (non-hydrogen) atoms. The van der Waals surface area contributed by atoms with Crippen LogP contribution in [-0.2, 0) is 0 Å². The normalized spacial score (nSPS) is 24.4. The number of pyridine rings is 1. The van der Waals surface area contributed by atoms with Crippen LogP contribution in [0.5, 0.6) is 0 Å². The lowest BCUT2D eigenvalue weighted by Crippen LogP contribution is -2.50. The van der Waals surface area contributed by atoms with Crippen LogP contribution in [0.2, 0.25) is 0 Å². The summed E-state index contributed by atoms with van der Waals surface area (Å²) in [5, 5.41) is 7.70. The zero-order chi connectivity index (χ0) is 17.8. The lowest BCUT2D eigenvalue weighted by Gasteiger charge is -2.36. The van der Waals surface area contributed by atoms with E-state index >= 15 is 0 Å². The molecule has 2 aromatic rings. The third-order valence-electron chi connectivity index (χ3n) is 5.86. The Hall–Kier alpha value is -2.37. The Morgan fingerprint density at radius 2 is 1.81 bits per heavy atom. The number of aromatic nitrogens is 3. The molecule has 1 N–H and O–H groups in total. The van der Waals surface area contributed by atoms with Gasteiger partial charge in [-0.1, -0.05) is 12.8 Å². The summed E-state index contributed by atoms with van der Waals surface area (Å²) in [7, 11) is 0. The zero-order valence-electron chi connectivity index (χ0n) is 15.1. The number of carbonyl (C=O) groups is 1. The first-order chi connectivity index (χ1) is 12.8. The molecule has 1 aliphatic heterocycles. The average molecular weight is 353 g/mol. The first kappa shape index (κ1) is 17.1. The number of hydrogen-bond acceptors (Lipinski definition) is 3. The molecule has 6 heteroatoms. The van der Waals surface area contributed by atoms with Gasteiger partial charge in [0.2, 0.25) is 0 Å². The Bertz CT molecular complexity index is 694. The number of nitrogens with one attached hydrogen (secondary N) is 1. The van der Waals surface area contributed by atoms with Crippen molar-refractivity contribution in [1.82, 2.24) is 25.0 Å². The van der Waals surface area contributed by atoms with E-state index in [0.717, 1.165) is 38.8 Å². The van der Waals surface area contributed by atoms with Gasteiger partial charge in [-0.25, -0.2) is 4.79 Å². The lowest BCUT2D eigenvalue weighted by atomic mass is 9.89. The summed E-state index contributed by atoms with van der Waals surface area (Å²) in [6.45, 7) is 1.63. The topological polar surface area (TPSA) is 63.1 Å². The van der Waals surface area contributed by atoms with E-state index in [1.165, 1.54) is 18.4 Å². The Morgan fingerprint density at radius 1 is 1.04 bits per heavy atom. The van der Waals surface area contributed by atoms with E-state index in [4.69, 9.17) is 0 Å². The number of hydrogen-bond donors (Lipinski definition) is 1. The van der Waals surface area contributed by atoms with E-state index in [-0.39, 0.29) is 18.1 Å². The van der Waals surface area contributed by atoms with E-state index < -0.39 is 0 Å². The third-order valence-corrected chi connectivity index (χ3v) is 5.86. The van der Waals surface area contributed by atoms with Gasteiger partial charge in [0.15, 0.2) is 0 Å². The predicted octanol–water partition coefficient (Wildman–Crippen LogP) is 3.35. The first-order valence-corrected chi connectivity index (χ1v) is 9.76. The van der Waals surface area contributed by atoms with Crippen molar-refractivity contribution in [3.05, 3.63) is 48.5 Å². The van der Waals surface area contributed by atoms with Crippen LogP contribution >= 0.6 is 0 Å². The lowest BCUT2D eigenvalue weighted by molar-refractivity contribution is 0.165. The highest BCUT2D eigenvalue weighted by Gasteiger charge is 2.31. The minimum atomic E-state index is 0.0854. The highest BCUT2D eigenvalue weighted by Crippen LogP contribution is 2.30. The molecule has 3 heterocycles. The van der Waals surface area contributed by atoms with E-state index in [1.807, 2.05) is 40.4 Å². The van der Waals surface area contributed by atoms with Gasteiger partial charge < -0.3 is 10.2 Å². The number of urea groups is 1. The highest BCUT2D eigenvalue weighted by molar-refractivity contribution is 5.74. The molecular formula is C20H27N5O. The predicted molar refractivity (Wildman–Crippen MR) is 99.8 cm³/mol. The van der Waals surface area contributed by atoms with E-state index in [2.05, 4.69) is 27.5 Å². The summed E-state index contributed by atoms with van der Waals surface area (Å²) in [5.74, 6) is 0.536. The van der Waals surface area contributed by atoms with Crippen molar-refractivity contribution < 1.29 is 4.79 Å². The maximum absolute atomic E-state index is 12.8. The molecule has 2 aromatic heterocycles. The Kier molecular flexibility index (Phi) is 5.18. The first-order valence-electron chi connectivity index (χ1n) is 9.76. The van der Waals surface area contributed by atoms with Crippen molar-refractivity contribution in [2.45, 2.75) is 56.5 Å². The summed E-state index contributed by atoms with van der Waals surface area (Å²) >= 11 is 0. The Labute approximate surface area is 154 Å². The standard InChI is InChI=1S/C20H27N5O/c26-20(23-18-4-1-2-5-19(18)25-13-3-10-22-25)24-14-8-17(9-15-24)16-6-11-21-12-7-16/h3,6-7,10-13,17-19H,1-2,4-5,8-9,14-15H2,(H,23,26)/t18-,19+/m1/s1. The second-order valence-corrected chi connectivity index (χ2v) is 7.44. The molecule has 6 nitrogen and oxygen atoms in total. The fraction of sp³-hybridized carbons (Fsp3) is 0.550. The van der Waals surface area contributed by atoms with Crippen LogP contribution in [0.25, 0.3) is 0 Å². The van der Waals surface area contributed by atoms with Gasteiger partial charge >= 0.3 is 6.03 Å². The molecule has 2 amide bonds. The fourth-order valence-corrected chi connectivity index (χ4v) is 4.37. The van der Waals surface area contributed by atoms with Crippen LogP contribution in [0, 0.1) is 0 Å². The van der Waals surface area contributed by atoms with Crippen LogP contribution in [0.3, 0.4) is 0 Å². The largest absolute Gasteiger partial charge is 0.333 e. The zero-order valence-corrected chi connectivity index (χ0v) is 15.1. The third kappa shape index (κ3) is 3.74. The fourth-order valence-electron chi connectivity index (χ4n) is 4.37. The van der Waals surface area contributed by atoms with Crippen LogP contribution in [0.1, 0.15) is 56.0 Å². The van der Waals surface area contributed by atoms with Crippen molar-refractivity contribution in [3.63, 3.8) is 0 Å². The van der Waals surface area contributed by atoms with Gasteiger partial charge in [0.1, 0.15) is 0 Å². The minimum absolute atomic E-state index is 0.0854. The molecule has 0 bridgehead atoms. The number of likely N-dealkylation sites (tertiary alicyclic amines) is 1. The average Bonchev–Trinajstić information content (AvgIpc) is 3.24. The number of piperidine rings is 1. The van der Waals surface area contributed by atoms with Gasteiger partial charge in [0.25, 0.3) is 0 Å². The summed E-state index contributed by atoms with van der Waals surface area (Å²) in [4.78, 5) is 18.9. The molecule has 0 unspecified atom stereocenters. The van der Waals surface area contributed by atoms with Crippen LogP contribution in [0.15, 0.2) is 43.0 Å². The Morgan fingerprint density at radius 3 is 2.54 bits per heavy atom. The van der Waals surface area contributed by atoms with Gasteiger partial charge in [-0.2, -0.15) is 5.10 Å². The summed E-state index contributed by atoms with van der Waals surface area (Å²) < 4.78 is 2.01. The van der Waals surface area contributed by atoms with Gasteiger partial charge in [0, 0.05) is 37.9 Å². The van der Waals surface area contributed by atoms with Gasteiger partial charge in [-0.15, -0.1) is 0 Å². The van der Waals surface area contributed by atoms with Crippen molar-refractivity contribution in [2.75, 3.05) is 13.1 Å². The number of amides is 2. The molecule has 1 saturated carbocycles. The molecule has 1 aliphatic carbocycles. The summed E-state index contributed by atoms with van der Waals surface area (Å²) in [5.41, 5.74) is 1.34. The van der Waals surface area contributed by atoms with Crippen LogP contribution in [0.4, 0.5) is 4.79 Å². The SMILES string of the molecule is O=C(N[C@@H]1CCCC[C@@H]1n1cccn1)N1CCC(c2ccncc2)CC1.